The first-order valence-corrected chi connectivity index (χ1v) is 9.80. The third-order valence-electron chi connectivity index (χ3n) is 4.17. The van der Waals surface area contributed by atoms with E-state index in [0.717, 1.165) is 18.5 Å². The van der Waals surface area contributed by atoms with Gasteiger partial charge in [-0.1, -0.05) is 30.3 Å². The van der Waals surface area contributed by atoms with Crippen LogP contribution in [-0.2, 0) is 16.4 Å². The van der Waals surface area contributed by atoms with E-state index in [1.165, 1.54) is 0 Å². The van der Waals surface area contributed by atoms with E-state index >= 15 is 0 Å². The zero-order valence-electron chi connectivity index (χ0n) is 13.6. The molecule has 1 aliphatic rings. The van der Waals surface area contributed by atoms with Crippen molar-refractivity contribution in [1.82, 2.24) is 14.3 Å². The van der Waals surface area contributed by atoms with Crippen LogP contribution in [0, 0.1) is 0 Å². The summed E-state index contributed by atoms with van der Waals surface area (Å²) in [4.78, 5) is 10.6. The van der Waals surface area contributed by atoms with Gasteiger partial charge in [-0.05, 0) is 24.5 Å². The number of hydrogen-bond donors (Lipinski definition) is 0. The molecule has 128 valence electrons. The number of anilines is 1. The Balaban J connectivity index is 1.60. The molecule has 7 heteroatoms. The van der Waals surface area contributed by atoms with Crippen molar-refractivity contribution in [3.8, 4) is 0 Å². The van der Waals surface area contributed by atoms with Crippen molar-refractivity contribution in [3.63, 3.8) is 0 Å². The molecule has 0 N–H and O–H groups in total. The minimum atomic E-state index is -3.24. The largest absolute Gasteiger partial charge is 0.339 e. The SMILES string of the molecule is O=S(=O)(CCc1ccccc1)N1CCCN(c2ncccn2)CC1. The minimum absolute atomic E-state index is 0.152. The molecule has 0 spiro atoms. The number of benzene rings is 1. The quantitative estimate of drug-likeness (QED) is 0.822. The predicted octanol–water partition coefficient (Wildman–Crippen LogP) is 1.56. The number of sulfonamides is 1. The maximum Gasteiger partial charge on any atom is 0.225 e. The summed E-state index contributed by atoms with van der Waals surface area (Å²) in [6.07, 6.45) is 4.75. The normalized spacial score (nSPS) is 16.8. The smallest absolute Gasteiger partial charge is 0.225 e. The van der Waals surface area contributed by atoms with Crippen LogP contribution in [0.2, 0.25) is 0 Å². The fraction of sp³-hybridized carbons (Fsp3) is 0.412. The third kappa shape index (κ3) is 4.30. The van der Waals surface area contributed by atoms with Crippen LogP contribution < -0.4 is 4.90 Å². The molecule has 6 nitrogen and oxygen atoms in total. The Morgan fingerprint density at radius 1 is 0.917 bits per heavy atom. The molecule has 1 aromatic carbocycles. The second-order valence-electron chi connectivity index (χ2n) is 5.84. The molecule has 0 radical (unpaired) electrons. The van der Waals surface area contributed by atoms with E-state index < -0.39 is 10.0 Å². The Labute approximate surface area is 143 Å². The number of aryl methyl sites for hydroxylation is 1. The molecule has 0 amide bonds. The lowest BCUT2D eigenvalue weighted by Gasteiger charge is -2.21. The highest BCUT2D eigenvalue weighted by Crippen LogP contribution is 2.14. The summed E-state index contributed by atoms with van der Waals surface area (Å²) in [5.74, 6) is 0.819. The Hall–Kier alpha value is -1.99. The lowest BCUT2D eigenvalue weighted by molar-refractivity contribution is 0.433. The van der Waals surface area contributed by atoms with Crippen LogP contribution in [0.3, 0.4) is 0 Å². The molecule has 1 saturated heterocycles. The summed E-state index contributed by atoms with van der Waals surface area (Å²) in [6.45, 7) is 2.43. The lowest BCUT2D eigenvalue weighted by atomic mass is 10.2. The molecule has 1 fully saturated rings. The van der Waals surface area contributed by atoms with Gasteiger partial charge in [0, 0.05) is 38.6 Å². The number of aromatic nitrogens is 2. The number of rotatable bonds is 5. The van der Waals surface area contributed by atoms with Gasteiger partial charge >= 0.3 is 0 Å². The average Bonchev–Trinajstić information content (AvgIpc) is 2.89. The molecule has 2 heterocycles. The highest BCUT2D eigenvalue weighted by atomic mass is 32.2. The summed E-state index contributed by atoms with van der Waals surface area (Å²) in [7, 11) is -3.24. The van der Waals surface area contributed by atoms with Gasteiger partial charge in [0.05, 0.1) is 5.75 Å². The molecule has 0 saturated carbocycles. The zero-order chi connectivity index (χ0) is 16.8. The van der Waals surface area contributed by atoms with Crippen LogP contribution in [-0.4, -0.2) is 54.6 Å². The molecule has 24 heavy (non-hydrogen) atoms. The molecule has 1 aliphatic heterocycles. The Kier molecular flexibility index (Phi) is 5.42. The van der Waals surface area contributed by atoms with Crippen molar-refractivity contribution >= 4 is 16.0 Å². The van der Waals surface area contributed by atoms with E-state index in [4.69, 9.17) is 0 Å². The van der Waals surface area contributed by atoms with Crippen molar-refractivity contribution in [1.29, 1.82) is 0 Å². The summed E-state index contributed by atoms with van der Waals surface area (Å²) in [5, 5.41) is 0. The molecule has 2 aromatic rings. The fourth-order valence-electron chi connectivity index (χ4n) is 2.85. The van der Waals surface area contributed by atoms with E-state index in [2.05, 4.69) is 9.97 Å². The first kappa shape index (κ1) is 16.9. The summed E-state index contributed by atoms with van der Waals surface area (Å²) < 4.78 is 26.9. The number of hydrogen-bond acceptors (Lipinski definition) is 5. The molecular weight excluding hydrogens is 324 g/mol. The van der Waals surface area contributed by atoms with Crippen LogP contribution in [0.4, 0.5) is 5.95 Å². The Morgan fingerprint density at radius 2 is 1.67 bits per heavy atom. The topological polar surface area (TPSA) is 66.4 Å². The molecule has 0 bridgehead atoms. The lowest BCUT2D eigenvalue weighted by Crippen LogP contribution is -2.37. The van der Waals surface area contributed by atoms with E-state index in [9.17, 15) is 8.42 Å². The third-order valence-corrected chi connectivity index (χ3v) is 6.05. The molecule has 3 rings (SSSR count). The Bertz CT molecular complexity index is 738. The van der Waals surface area contributed by atoms with Gasteiger partial charge in [0.15, 0.2) is 0 Å². The summed E-state index contributed by atoms with van der Waals surface area (Å²) in [6, 6.07) is 11.5. The van der Waals surface area contributed by atoms with Gasteiger partial charge < -0.3 is 4.90 Å². The minimum Gasteiger partial charge on any atom is -0.339 e. The van der Waals surface area contributed by atoms with Crippen LogP contribution in [0.1, 0.15) is 12.0 Å². The summed E-state index contributed by atoms with van der Waals surface area (Å²) >= 11 is 0. The van der Waals surface area contributed by atoms with Gasteiger partial charge in [0.25, 0.3) is 0 Å². The first-order valence-electron chi connectivity index (χ1n) is 8.19. The number of nitrogens with zero attached hydrogens (tertiary/aromatic N) is 4. The van der Waals surface area contributed by atoms with E-state index in [0.29, 0.717) is 32.0 Å². The molecule has 1 aromatic heterocycles. The van der Waals surface area contributed by atoms with Gasteiger partial charge in [-0.15, -0.1) is 0 Å². The van der Waals surface area contributed by atoms with Crippen LogP contribution in [0.25, 0.3) is 0 Å². The van der Waals surface area contributed by atoms with Crippen molar-refractivity contribution < 1.29 is 8.42 Å². The van der Waals surface area contributed by atoms with Crippen molar-refractivity contribution in [3.05, 3.63) is 54.4 Å². The van der Waals surface area contributed by atoms with E-state index in [1.54, 1.807) is 22.8 Å². The zero-order valence-corrected chi connectivity index (χ0v) is 14.4. The maximum atomic E-state index is 12.6. The maximum absolute atomic E-state index is 12.6. The van der Waals surface area contributed by atoms with Crippen LogP contribution >= 0.6 is 0 Å². The average molecular weight is 346 g/mol. The van der Waals surface area contributed by atoms with Crippen LogP contribution in [0.5, 0.6) is 0 Å². The van der Waals surface area contributed by atoms with Crippen molar-refractivity contribution in [2.45, 2.75) is 12.8 Å². The molecule has 0 unspecified atom stereocenters. The highest BCUT2D eigenvalue weighted by Gasteiger charge is 2.25. The fourth-order valence-corrected chi connectivity index (χ4v) is 4.37. The van der Waals surface area contributed by atoms with Gasteiger partial charge in [0.2, 0.25) is 16.0 Å². The predicted molar refractivity (Wildman–Crippen MR) is 94.4 cm³/mol. The van der Waals surface area contributed by atoms with E-state index in [1.807, 2.05) is 35.2 Å². The first-order chi connectivity index (χ1) is 11.6. The van der Waals surface area contributed by atoms with Gasteiger partial charge in [-0.2, -0.15) is 0 Å². The van der Waals surface area contributed by atoms with Crippen LogP contribution in [0.15, 0.2) is 48.8 Å². The van der Waals surface area contributed by atoms with Crippen molar-refractivity contribution in [2.75, 3.05) is 36.8 Å². The standard InChI is InChI=1S/C17H22N4O2S/c22-24(23,15-8-16-6-2-1-3-7-16)21-12-5-11-20(13-14-21)17-18-9-4-10-19-17/h1-4,6-7,9-10H,5,8,11-15H2. The molecular formula is C17H22N4O2S. The Morgan fingerprint density at radius 3 is 2.42 bits per heavy atom. The molecule has 0 aliphatic carbocycles. The summed E-state index contributed by atoms with van der Waals surface area (Å²) in [5.41, 5.74) is 1.05. The van der Waals surface area contributed by atoms with Gasteiger partial charge in [-0.25, -0.2) is 22.7 Å². The van der Waals surface area contributed by atoms with E-state index in [-0.39, 0.29) is 5.75 Å². The van der Waals surface area contributed by atoms with Gasteiger partial charge in [-0.3, -0.25) is 0 Å². The van der Waals surface area contributed by atoms with Gasteiger partial charge in [0.1, 0.15) is 0 Å². The second kappa shape index (κ2) is 7.72. The molecule has 0 atom stereocenters. The van der Waals surface area contributed by atoms with Crippen molar-refractivity contribution in [2.24, 2.45) is 0 Å². The highest BCUT2D eigenvalue weighted by molar-refractivity contribution is 7.89. The second-order valence-corrected chi connectivity index (χ2v) is 7.93. The monoisotopic (exact) mass is 346 g/mol.